The Kier molecular flexibility index (Phi) is 4.59. The molecule has 0 bridgehead atoms. The highest BCUT2D eigenvalue weighted by atomic mass is 16.2. The van der Waals surface area contributed by atoms with Gasteiger partial charge < -0.3 is 11.1 Å². The summed E-state index contributed by atoms with van der Waals surface area (Å²) in [6.07, 6.45) is 1.85. The van der Waals surface area contributed by atoms with Crippen LogP contribution < -0.4 is 11.1 Å². The Balaban J connectivity index is 2.01. The zero-order chi connectivity index (χ0) is 16.3. The summed E-state index contributed by atoms with van der Waals surface area (Å²) >= 11 is 0. The number of primary amides is 1. The maximum atomic E-state index is 12.0. The van der Waals surface area contributed by atoms with E-state index in [-0.39, 0.29) is 18.0 Å². The highest BCUT2D eigenvalue weighted by molar-refractivity contribution is 6.01. The first-order valence-corrected chi connectivity index (χ1v) is 7.09. The molecule has 118 valence electrons. The minimum absolute atomic E-state index is 0.0707. The predicted molar refractivity (Wildman–Crippen MR) is 81.4 cm³/mol. The van der Waals surface area contributed by atoms with Crippen molar-refractivity contribution in [1.29, 1.82) is 0 Å². The van der Waals surface area contributed by atoms with Crippen molar-refractivity contribution in [3.8, 4) is 0 Å². The molecule has 0 spiro atoms. The fourth-order valence-electron chi connectivity index (χ4n) is 2.18. The van der Waals surface area contributed by atoms with Gasteiger partial charge in [-0.25, -0.2) is 0 Å². The topological polar surface area (TPSA) is 108 Å². The Labute approximate surface area is 128 Å². The van der Waals surface area contributed by atoms with Crippen LogP contribution in [-0.4, -0.2) is 31.4 Å². The first-order chi connectivity index (χ1) is 10.4. The lowest BCUT2D eigenvalue weighted by molar-refractivity contribution is -0.116. The predicted octanol–water partition coefficient (Wildman–Crippen LogP) is 0.844. The van der Waals surface area contributed by atoms with E-state index >= 15 is 0 Å². The van der Waals surface area contributed by atoms with Gasteiger partial charge in [0.15, 0.2) is 5.69 Å². The van der Waals surface area contributed by atoms with E-state index in [0.717, 1.165) is 11.4 Å². The molecule has 0 saturated heterocycles. The molecule has 3 N–H and O–H groups in total. The van der Waals surface area contributed by atoms with Crippen LogP contribution in [0.1, 0.15) is 35.2 Å². The Morgan fingerprint density at radius 2 is 2.05 bits per heavy atom. The molecule has 8 heteroatoms. The third kappa shape index (κ3) is 3.51. The number of nitrogens with two attached hydrogens (primary N) is 1. The van der Waals surface area contributed by atoms with Crippen LogP contribution in [0.4, 0.5) is 5.69 Å². The first-order valence-electron chi connectivity index (χ1n) is 7.09. The molecule has 0 saturated carbocycles. The van der Waals surface area contributed by atoms with Gasteiger partial charge in [0.05, 0.1) is 11.4 Å². The van der Waals surface area contributed by atoms with Crippen molar-refractivity contribution in [3.05, 3.63) is 29.3 Å². The number of nitrogens with zero attached hydrogens (tertiary/aromatic N) is 4. The maximum Gasteiger partial charge on any atom is 0.271 e. The number of aryl methyl sites for hydroxylation is 4. The molecule has 0 atom stereocenters. The lowest BCUT2D eigenvalue weighted by atomic mass is 10.3. The monoisotopic (exact) mass is 304 g/mol. The molecule has 2 heterocycles. The number of carbonyl (C=O) groups is 2. The van der Waals surface area contributed by atoms with E-state index in [4.69, 9.17) is 5.73 Å². The maximum absolute atomic E-state index is 12.0. The van der Waals surface area contributed by atoms with Crippen LogP contribution >= 0.6 is 0 Å². The van der Waals surface area contributed by atoms with E-state index in [1.165, 1.54) is 0 Å². The van der Waals surface area contributed by atoms with Crippen molar-refractivity contribution < 1.29 is 9.59 Å². The summed E-state index contributed by atoms with van der Waals surface area (Å²) in [5.74, 6) is -0.883. The molecule has 2 aromatic heterocycles. The van der Waals surface area contributed by atoms with Gasteiger partial charge in [-0.1, -0.05) is 0 Å². The average Bonchev–Trinajstić information content (AvgIpc) is 2.99. The van der Waals surface area contributed by atoms with Crippen LogP contribution in [0.15, 0.2) is 12.3 Å². The molecule has 22 heavy (non-hydrogen) atoms. The lowest BCUT2D eigenvalue weighted by Gasteiger charge is -2.05. The molecule has 2 aromatic rings. The number of carbonyl (C=O) groups excluding carboxylic acids is 2. The summed E-state index contributed by atoms with van der Waals surface area (Å²) < 4.78 is 3.33. The quantitative estimate of drug-likeness (QED) is 0.824. The third-order valence-corrected chi connectivity index (χ3v) is 3.25. The molecule has 0 aliphatic carbocycles. The summed E-state index contributed by atoms with van der Waals surface area (Å²) in [5, 5.41) is 11.0. The van der Waals surface area contributed by atoms with E-state index in [1.807, 2.05) is 26.8 Å². The van der Waals surface area contributed by atoms with Gasteiger partial charge in [-0.15, -0.1) is 0 Å². The zero-order valence-corrected chi connectivity index (χ0v) is 13.0. The highest BCUT2D eigenvalue weighted by Crippen LogP contribution is 2.14. The van der Waals surface area contributed by atoms with E-state index < -0.39 is 5.91 Å². The van der Waals surface area contributed by atoms with Gasteiger partial charge in [-0.3, -0.25) is 19.0 Å². The summed E-state index contributed by atoms with van der Waals surface area (Å²) in [6, 6.07) is 1.95. The Hall–Kier alpha value is -2.64. The molecule has 0 fully saturated rings. The number of aromatic nitrogens is 4. The van der Waals surface area contributed by atoms with Crippen molar-refractivity contribution in [2.45, 2.75) is 40.3 Å². The van der Waals surface area contributed by atoms with Gasteiger partial charge >= 0.3 is 0 Å². The van der Waals surface area contributed by atoms with Gasteiger partial charge in [-0.2, -0.15) is 10.2 Å². The van der Waals surface area contributed by atoms with E-state index in [1.54, 1.807) is 15.6 Å². The number of nitrogens with one attached hydrogen (secondary N) is 1. The Morgan fingerprint density at radius 3 is 2.59 bits per heavy atom. The lowest BCUT2D eigenvalue weighted by Crippen LogP contribution is -2.19. The molecule has 0 unspecified atom stereocenters. The summed E-state index contributed by atoms with van der Waals surface area (Å²) in [6.45, 7) is 6.78. The van der Waals surface area contributed by atoms with Crippen molar-refractivity contribution in [2.75, 3.05) is 5.32 Å². The molecule has 0 aliphatic rings. The zero-order valence-electron chi connectivity index (χ0n) is 13.0. The molecular formula is C14H20N6O2. The van der Waals surface area contributed by atoms with Gasteiger partial charge in [-0.05, 0) is 26.8 Å². The number of rotatable bonds is 6. The van der Waals surface area contributed by atoms with Crippen molar-refractivity contribution in [1.82, 2.24) is 19.6 Å². The molecular weight excluding hydrogens is 284 g/mol. The van der Waals surface area contributed by atoms with Gasteiger partial charge in [0.2, 0.25) is 5.91 Å². The van der Waals surface area contributed by atoms with Crippen LogP contribution in [0, 0.1) is 13.8 Å². The normalized spacial score (nSPS) is 10.7. The van der Waals surface area contributed by atoms with Crippen LogP contribution in [0.2, 0.25) is 0 Å². The Morgan fingerprint density at radius 1 is 1.32 bits per heavy atom. The average molecular weight is 304 g/mol. The van der Waals surface area contributed by atoms with Gasteiger partial charge in [0.1, 0.15) is 0 Å². The second kappa shape index (κ2) is 6.42. The number of hydrogen-bond acceptors (Lipinski definition) is 4. The van der Waals surface area contributed by atoms with Crippen LogP contribution in [0.25, 0.3) is 0 Å². The molecule has 0 aliphatic heterocycles. The summed E-state index contributed by atoms with van der Waals surface area (Å²) in [4.78, 5) is 23.4. The van der Waals surface area contributed by atoms with Crippen LogP contribution in [-0.2, 0) is 17.9 Å². The first kappa shape index (κ1) is 15.7. The fraction of sp³-hybridized carbons (Fsp3) is 0.429. The van der Waals surface area contributed by atoms with Crippen molar-refractivity contribution in [2.24, 2.45) is 5.73 Å². The fourth-order valence-corrected chi connectivity index (χ4v) is 2.18. The molecule has 2 amide bonds. The SMILES string of the molecule is CCn1cc(NC(=O)CCn2nc(C)cc2C)c(C(N)=O)n1. The van der Waals surface area contributed by atoms with Gasteiger partial charge in [0.25, 0.3) is 5.91 Å². The van der Waals surface area contributed by atoms with E-state index in [0.29, 0.717) is 18.8 Å². The van der Waals surface area contributed by atoms with Crippen LogP contribution in [0.3, 0.4) is 0 Å². The third-order valence-electron chi connectivity index (χ3n) is 3.25. The van der Waals surface area contributed by atoms with Crippen molar-refractivity contribution >= 4 is 17.5 Å². The number of anilines is 1. The van der Waals surface area contributed by atoms with Gasteiger partial charge in [0, 0.05) is 31.4 Å². The smallest absolute Gasteiger partial charge is 0.271 e. The molecule has 0 aromatic carbocycles. The minimum Gasteiger partial charge on any atom is -0.364 e. The van der Waals surface area contributed by atoms with Crippen molar-refractivity contribution in [3.63, 3.8) is 0 Å². The summed E-state index contributed by atoms with van der Waals surface area (Å²) in [5.41, 5.74) is 7.59. The number of hydrogen-bond donors (Lipinski definition) is 2. The number of amides is 2. The highest BCUT2D eigenvalue weighted by Gasteiger charge is 2.16. The largest absolute Gasteiger partial charge is 0.364 e. The standard InChI is InChI=1S/C14H20N6O2/c1-4-19-8-11(13(18-19)14(15)22)16-12(21)5-6-20-10(3)7-9(2)17-20/h7-8H,4-6H2,1-3H3,(H2,15,22)(H,16,21). The molecule has 0 radical (unpaired) electrons. The second-order valence-corrected chi connectivity index (χ2v) is 5.06. The minimum atomic E-state index is -0.666. The Bertz CT molecular complexity index is 700. The van der Waals surface area contributed by atoms with Crippen LogP contribution in [0.5, 0.6) is 0 Å². The van der Waals surface area contributed by atoms with E-state index in [9.17, 15) is 9.59 Å². The van der Waals surface area contributed by atoms with E-state index in [2.05, 4.69) is 15.5 Å². The summed E-state index contributed by atoms with van der Waals surface area (Å²) in [7, 11) is 0. The molecule has 2 rings (SSSR count). The second-order valence-electron chi connectivity index (χ2n) is 5.06. The molecule has 8 nitrogen and oxygen atoms in total.